The first-order valence-corrected chi connectivity index (χ1v) is 10.5. The monoisotopic (exact) mass is 443 g/mol. The molecule has 4 aromatic rings. The molecule has 33 heavy (non-hydrogen) atoms. The Hall–Kier alpha value is -4.34. The number of carbonyl (C=O) groups is 2. The molecule has 0 fully saturated rings. The average Bonchev–Trinajstić information content (AvgIpc) is 3.30. The summed E-state index contributed by atoms with van der Waals surface area (Å²) in [7, 11) is 1.67. The number of amides is 2. The van der Waals surface area contributed by atoms with E-state index >= 15 is 0 Å². The van der Waals surface area contributed by atoms with Crippen LogP contribution in [0.5, 0.6) is 5.75 Å². The Balaban J connectivity index is 1.30. The van der Waals surface area contributed by atoms with Crippen molar-refractivity contribution in [2.75, 3.05) is 18.6 Å². The van der Waals surface area contributed by atoms with E-state index in [1.165, 1.54) is 4.90 Å². The minimum atomic E-state index is -0.541. The van der Waals surface area contributed by atoms with Crippen LogP contribution in [-0.2, 0) is 11.2 Å². The Morgan fingerprint density at radius 2 is 1.91 bits per heavy atom. The van der Waals surface area contributed by atoms with E-state index in [-0.39, 0.29) is 24.8 Å². The number of ether oxygens (including phenoxy) is 1. The van der Waals surface area contributed by atoms with Gasteiger partial charge in [0.1, 0.15) is 18.2 Å². The van der Waals surface area contributed by atoms with Crippen LogP contribution in [0.4, 0.5) is 5.69 Å². The number of aromatic nitrogens is 5. The lowest BCUT2D eigenvalue weighted by Gasteiger charge is -2.28. The number of anilines is 1. The average molecular weight is 443 g/mol. The maximum Gasteiger partial charge on any atom is 0.289 e. The zero-order valence-corrected chi connectivity index (χ0v) is 17.9. The number of aromatic amines is 1. The zero-order valence-electron chi connectivity index (χ0n) is 17.9. The zero-order chi connectivity index (χ0) is 22.8. The highest BCUT2D eigenvalue weighted by atomic mass is 16.5. The van der Waals surface area contributed by atoms with Crippen molar-refractivity contribution in [2.45, 2.75) is 18.9 Å². The van der Waals surface area contributed by atoms with Crippen LogP contribution in [0, 0.1) is 0 Å². The molecule has 166 valence electrons. The molecule has 1 aliphatic rings. The predicted octanol–water partition coefficient (Wildman–Crippen LogP) is 1.88. The number of benzene rings is 2. The van der Waals surface area contributed by atoms with Gasteiger partial charge in [0.2, 0.25) is 11.7 Å². The molecule has 0 unspecified atom stereocenters. The maximum atomic E-state index is 12.8. The minimum Gasteiger partial charge on any atom is -0.489 e. The Morgan fingerprint density at radius 3 is 2.70 bits per heavy atom. The summed E-state index contributed by atoms with van der Waals surface area (Å²) in [5, 5.41) is 10.8. The molecule has 10 heteroatoms. The molecule has 0 saturated carbocycles. The van der Waals surface area contributed by atoms with Gasteiger partial charge in [-0.1, -0.05) is 30.3 Å². The normalized spacial score (nSPS) is 16.0. The van der Waals surface area contributed by atoms with Gasteiger partial charge >= 0.3 is 0 Å². The second-order valence-electron chi connectivity index (χ2n) is 7.79. The number of nitrogens with zero attached hydrogens (tertiary/aromatic N) is 5. The Morgan fingerprint density at radius 1 is 1.15 bits per heavy atom. The molecule has 0 radical (unpaired) electrons. The number of H-pyrrole nitrogens is 1. The van der Waals surface area contributed by atoms with E-state index in [4.69, 9.17) is 4.74 Å². The van der Waals surface area contributed by atoms with Crippen LogP contribution in [0.1, 0.15) is 28.4 Å². The molecule has 2 N–H and O–H groups in total. The first-order chi connectivity index (χ1) is 16.1. The van der Waals surface area contributed by atoms with Gasteiger partial charge in [0, 0.05) is 31.9 Å². The van der Waals surface area contributed by atoms with Crippen LogP contribution in [-0.4, -0.2) is 56.7 Å². The van der Waals surface area contributed by atoms with Crippen molar-refractivity contribution >= 4 is 28.5 Å². The summed E-state index contributed by atoms with van der Waals surface area (Å²) in [5.41, 5.74) is 2.99. The molecule has 3 heterocycles. The molecule has 0 aliphatic carbocycles. The molecule has 0 spiro atoms. The van der Waals surface area contributed by atoms with E-state index in [0.29, 0.717) is 34.7 Å². The second-order valence-corrected chi connectivity index (χ2v) is 7.79. The topological polar surface area (TPSA) is 126 Å². The lowest BCUT2D eigenvalue weighted by atomic mass is 10.1. The fourth-order valence-electron chi connectivity index (χ4n) is 3.70. The third kappa shape index (κ3) is 4.36. The molecule has 2 aromatic carbocycles. The summed E-state index contributed by atoms with van der Waals surface area (Å²) in [6.07, 6.45) is 3.80. The van der Waals surface area contributed by atoms with Crippen molar-refractivity contribution in [1.29, 1.82) is 0 Å². The predicted molar refractivity (Wildman–Crippen MR) is 120 cm³/mol. The van der Waals surface area contributed by atoms with Crippen molar-refractivity contribution in [1.82, 2.24) is 30.5 Å². The van der Waals surface area contributed by atoms with Gasteiger partial charge in [-0.2, -0.15) is 0 Å². The highest BCUT2D eigenvalue weighted by molar-refractivity contribution is 5.98. The number of nitrogens with one attached hydrogen (secondary N) is 2. The molecule has 1 atom stereocenters. The maximum absolute atomic E-state index is 12.8. The molecular formula is C23H21N7O3. The highest BCUT2D eigenvalue weighted by Gasteiger charge is 2.27. The highest BCUT2D eigenvalue weighted by Crippen LogP contribution is 2.33. The third-order valence-electron chi connectivity index (χ3n) is 5.44. The Labute approximate surface area is 189 Å². The van der Waals surface area contributed by atoms with Gasteiger partial charge in [-0.25, -0.2) is 0 Å². The SMILES string of the molecule is CN1C(=O)C[C@@H](NC(=O)c2nnc(Cc3ccccc3)[nH]2)COc2cc3nccnc3cc21. The molecule has 0 saturated heterocycles. The standard InChI is InChI=1S/C23H21N7O3/c1-30-18-11-16-17(25-8-7-24-16)12-19(18)33-13-15(10-21(30)31)26-23(32)22-27-20(28-29-22)9-14-5-3-2-4-6-14/h2-8,11-12,15H,9-10,13H2,1H3,(H,26,32)(H,27,28,29)/t15-/m1/s1. The van der Waals surface area contributed by atoms with Gasteiger partial charge in [-0.05, 0) is 11.6 Å². The summed E-state index contributed by atoms with van der Waals surface area (Å²) in [6, 6.07) is 12.7. The van der Waals surface area contributed by atoms with Gasteiger partial charge in [0.15, 0.2) is 0 Å². The molecule has 0 bridgehead atoms. The van der Waals surface area contributed by atoms with E-state index in [1.807, 2.05) is 30.3 Å². The van der Waals surface area contributed by atoms with Crippen molar-refractivity contribution < 1.29 is 14.3 Å². The first-order valence-electron chi connectivity index (χ1n) is 10.5. The number of hydrogen-bond donors (Lipinski definition) is 2. The number of fused-ring (bicyclic) bond motifs is 2. The summed E-state index contributed by atoms with van der Waals surface area (Å²) in [5.74, 6) is 0.567. The smallest absolute Gasteiger partial charge is 0.289 e. The Kier molecular flexibility index (Phi) is 5.39. The van der Waals surface area contributed by atoms with Crippen LogP contribution in [0.3, 0.4) is 0 Å². The van der Waals surface area contributed by atoms with Crippen molar-refractivity contribution in [3.8, 4) is 5.75 Å². The van der Waals surface area contributed by atoms with E-state index < -0.39 is 11.9 Å². The molecular weight excluding hydrogens is 422 g/mol. The van der Waals surface area contributed by atoms with Crippen LogP contribution in [0.15, 0.2) is 54.9 Å². The first kappa shape index (κ1) is 20.6. The minimum absolute atomic E-state index is 0.0746. The molecule has 5 rings (SSSR count). The van der Waals surface area contributed by atoms with Crippen LogP contribution in [0.25, 0.3) is 11.0 Å². The van der Waals surface area contributed by atoms with E-state index in [2.05, 4.69) is 30.5 Å². The molecule has 2 aromatic heterocycles. The van der Waals surface area contributed by atoms with Crippen LogP contribution in [0.2, 0.25) is 0 Å². The third-order valence-corrected chi connectivity index (χ3v) is 5.44. The summed E-state index contributed by atoms with van der Waals surface area (Å²) < 4.78 is 5.97. The number of hydrogen-bond acceptors (Lipinski definition) is 7. The van der Waals surface area contributed by atoms with Crippen molar-refractivity contribution in [3.05, 3.63) is 72.1 Å². The quantitative estimate of drug-likeness (QED) is 0.493. The van der Waals surface area contributed by atoms with E-state index in [9.17, 15) is 9.59 Å². The Bertz CT molecular complexity index is 1320. The van der Waals surface area contributed by atoms with Crippen LogP contribution >= 0.6 is 0 Å². The fourth-order valence-corrected chi connectivity index (χ4v) is 3.70. The van der Waals surface area contributed by atoms with Crippen LogP contribution < -0.4 is 15.0 Å². The van der Waals surface area contributed by atoms with Gasteiger partial charge in [0.05, 0.1) is 29.2 Å². The van der Waals surface area contributed by atoms with E-state index in [1.54, 1.807) is 31.6 Å². The molecule has 1 aliphatic heterocycles. The molecule has 2 amide bonds. The molecule has 10 nitrogen and oxygen atoms in total. The van der Waals surface area contributed by atoms with Gasteiger partial charge in [0.25, 0.3) is 5.91 Å². The van der Waals surface area contributed by atoms with Gasteiger partial charge in [-0.3, -0.25) is 19.6 Å². The van der Waals surface area contributed by atoms with Crippen molar-refractivity contribution in [2.24, 2.45) is 0 Å². The second kappa shape index (κ2) is 8.65. The fraction of sp³-hybridized carbons (Fsp3) is 0.217. The number of carbonyl (C=O) groups excluding carboxylic acids is 2. The van der Waals surface area contributed by atoms with E-state index in [0.717, 1.165) is 5.56 Å². The van der Waals surface area contributed by atoms with Gasteiger partial charge in [-0.15, -0.1) is 10.2 Å². The lowest BCUT2D eigenvalue weighted by molar-refractivity contribution is -0.119. The van der Waals surface area contributed by atoms with Crippen molar-refractivity contribution in [3.63, 3.8) is 0 Å². The number of rotatable bonds is 4. The lowest BCUT2D eigenvalue weighted by Crippen LogP contribution is -2.45. The van der Waals surface area contributed by atoms with Gasteiger partial charge < -0.3 is 19.9 Å². The largest absolute Gasteiger partial charge is 0.489 e. The summed E-state index contributed by atoms with van der Waals surface area (Å²) in [4.78, 5) is 38.6. The summed E-state index contributed by atoms with van der Waals surface area (Å²) >= 11 is 0. The summed E-state index contributed by atoms with van der Waals surface area (Å²) in [6.45, 7) is 0.120.